The van der Waals surface area contributed by atoms with Crippen LogP contribution in [0.3, 0.4) is 0 Å². The van der Waals surface area contributed by atoms with Crippen molar-refractivity contribution in [1.82, 2.24) is 0 Å². The zero-order valence-corrected chi connectivity index (χ0v) is 15.9. The maximum absolute atomic E-state index is 6.39. The van der Waals surface area contributed by atoms with Gasteiger partial charge in [0.05, 0.1) is 0 Å². The molecule has 0 unspecified atom stereocenters. The van der Waals surface area contributed by atoms with Crippen LogP contribution >= 0.6 is 0 Å². The molecule has 0 atom stereocenters. The van der Waals surface area contributed by atoms with E-state index in [4.69, 9.17) is 8.23 Å². The first kappa shape index (κ1) is 14.4. The molecule has 2 rings (SSSR count). The molecule has 0 aromatic heterocycles. The van der Waals surface area contributed by atoms with Crippen molar-refractivity contribution in [2.75, 3.05) is 0 Å². The molecule has 0 heterocycles. The summed E-state index contributed by atoms with van der Waals surface area (Å²) in [4.78, 5) is 0. The van der Waals surface area contributed by atoms with Crippen molar-refractivity contribution in [1.29, 1.82) is 0 Å². The van der Waals surface area contributed by atoms with Crippen molar-refractivity contribution in [2.24, 2.45) is 0 Å². The number of benzene rings is 2. The van der Waals surface area contributed by atoms with E-state index in [2.05, 4.69) is 55.5 Å². The molecule has 0 saturated carbocycles. The maximum atomic E-state index is 6.39. The van der Waals surface area contributed by atoms with E-state index >= 15 is 0 Å². The van der Waals surface area contributed by atoms with E-state index in [0.717, 1.165) is 6.04 Å². The van der Waals surface area contributed by atoms with Gasteiger partial charge in [-0.3, -0.25) is 0 Å². The Morgan fingerprint density at radius 3 is 1.79 bits per heavy atom. The van der Waals surface area contributed by atoms with Crippen molar-refractivity contribution < 1.29 is 8.23 Å². The smallest absolute Gasteiger partial charge is 0.385 e. The lowest BCUT2D eigenvalue weighted by molar-refractivity contribution is 0.456. The summed E-state index contributed by atoms with van der Waals surface area (Å²) in [5.41, 5.74) is 0. The highest BCUT2D eigenvalue weighted by Gasteiger charge is 2.40. The normalized spacial score (nSPS) is 12.3. The molecular formula is C14H20O2Si3. The number of rotatable bonds is 6. The lowest BCUT2D eigenvalue weighted by atomic mass is 10.4. The van der Waals surface area contributed by atoms with Crippen LogP contribution in [0.25, 0.3) is 0 Å². The third kappa shape index (κ3) is 3.13. The van der Waals surface area contributed by atoms with Crippen LogP contribution in [0.15, 0.2) is 60.7 Å². The van der Waals surface area contributed by atoms with E-state index < -0.39 is 18.3 Å². The molecule has 5 heteroatoms. The van der Waals surface area contributed by atoms with Crippen LogP contribution in [0, 0.1) is 0 Å². The van der Waals surface area contributed by atoms with Crippen LogP contribution in [0.5, 0.6) is 0 Å². The molecular weight excluding hydrogens is 284 g/mol. The van der Waals surface area contributed by atoms with Gasteiger partial charge in [-0.25, -0.2) is 0 Å². The predicted octanol–water partition coefficient (Wildman–Crippen LogP) is 0.0786. The lowest BCUT2D eigenvalue weighted by Crippen LogP contribution is -2.63. The summed E-state index contributed by atoms with van der Waals surface area (Å²) >= 11 is 0. The highest BCUT2D eigenvalue weighted by atomic mass is 28.4. The van der Waals surface area contributed by atoms with Crippen LogP contribution < -0.4 is 10.4 Å². The molecule has 0 N–H and O–H groups in total. The summed E-state index contributed by atoms with van der Waals surface area (Å²) in [7, 11) is -2.25. The zero-order valence-electron chi connectivity index (χ0n) is 11.5. The summed E-state index contributed by atoms with van der Waals surface area (Å²) in [5, 5.41) is 2.44. The Morgan fingerprint density at radius 2 is 1.42 bits per heavy atom. The molecule has 19 heavy (non-hydrogen) atoms. The molecule has 0 saturated heterocycles. The summed E-state index contributed by atoms with van der Waals surface area (Å²) in [6.07, 6.45) is 0. The molecule has 0 radical (unpaired) electrons. The van der Waals surface area contributed by atoms with Gasteiger partial charge in [-0.2, -0.15) is 0 Å². The van der Waals surface area contributed by atoms with Gasteiger partial charge < -0.3 is 8.23 Å². The topological polar surface area (TPSA) is 18.5 Å². The number of hydrogen-bond acceptors (Lipinski definition) is 2. The Hall–Kier alpha value is -0.989. The van der Waals surface area contributed by atoms with Gasteiger partial charge in [-0.15, -0.1) is 0 Å². The first-order valence-corrected chi connectivity index (χ1v) is 10.8. The van der Waals surface area contributed by atoms with E-state index in [1.807, 2.05) is 12.1 Å². The van der Waals surface area contributed by atoms with Gasteiger partial charge in [0.1, 0.15) is 20.2 Å². The summed E-state index contributed by atoms with van der Waals surface area (Å²) < 4.78 is 12.5. The molecule has 0 spiro atoms. The third-order valence-corrected chi connectivity index (χ3v) is 10.4. The van der Waals surface area contributed by atoms with Crippen molar-refractivity contribution >= 4 is 39.2 Å². The molecule has 0 amide bonds. The standard InChI is InChI=1S/C14H20O2Si3/c1-2-18-16-19(15-17,13-9-5-3-6-10-13)14-11-7-4-8-12-14/h3-12H,2,18H2,1,17H3. The zero-order chi connectivity index (χ0) is 13.6. The molecule has 2 aromatic rings. The molecule has 0 aliphatic carbocycles. The fourth-order valence-corrected chi connectivity index (χ4v) is 10.5. The average molecular weight is 305 g/mol. The molecule has 100 valence electrons. The Labute approximate surface area is 121 Å². The van der Waals surface area contributed by atoms with Crippen LogP contribution in [-0.4, -0.2) is 28.8 Å². The van der Waals surface area contributed by atoms with E-state index in [9.17, 15) is 0 Å². The Kier molecular flexibility index (Phi) is 5.29. The van der Waals surface area contributed by atoms with Crippen LogP contribution in [0.1, 0.15) is 6.92 Å². The minimum atomic E-state index is -2.42. The summed E-state index contributed by atoms with van der Waals surface area (Å²) in [6.45, 7) is 2.19. The van der Waals surface area contributed by atoms with Crippen LogP contribution in [-0.2, 0) is 8.23 Å². The fourth-order valence-electron chi connectivity index (χ4n) is 2.19. The Morgan fingerprint density at radius 1 is 0.947 bits per heavy atom. The van der Waals surface area contributed by atoms with Gasteiger partial charge in [0.25, 0.3) is 0 Å². The quantitative estimate of drug-likeness (QED) is 0.704. The lowest BCUT2D eigenvalue weighted by Gasteiger charge is -2.31. The van der Waals surface area contributed by atoms with E-state index in [1.54, 1.807) is 0 Å². The first-order chi connectivity index (χ1) is 9.33. The Balaban J connectivity index is 2.48. The van der Waals surface area contributed by atoms with E-state index in [1.165, 1.54) is 10.4 Å². The second-order valence-electron chi connectivity index (χ2n) is 4.40. The summed E-state index contributed by atoms with van der Waals surface area (Å²) in [6, 6.07) is 22.0. The van der Waals surface area contributed by atoms with Gasteiger partial charge >= 0.3 is 8.56 Å². The first-order valence-electron chi connectivity index (χ1n) is 6.63. The molecule has 0 fully saturated rings. The largest absolute Gasteiger partial charge is 0.439 e. The van der Waals surface area contributed by atoms with Gasteiger partial charge in [-0.05, 0) is 16.4 Å². The summed E-state index contributed by atoms with van der Waals surface area (Å²) in [5.74, 6) is 0. The van der Waals surface area contributed by atoms with Crippen molar-refractivity contribution in [2.45, 2.75) is 13.0 Å². The second kappa shape index (κ2) is 6.97. The van der Waals surface area contributed by atoms with Gasteiger partial charge in [0.2, 0.25) is 0 Å². The maximum Gasteiger partial charge on any atom is 0.385 e. The third-order valence-electron chi connectivity index (χ3n) is 3.10. The van der Waals surface area contributed by atoms with Gasteiger partial charge in [-0.1, -0.05) is 67.6 Å². The molecule has 2 aromatic carbocycles. The van der Waals surface area contributed by atoms with Gasteiger partial charge in [0.15, 0.2) is 0 Å². The van der Waals surface area contributed by atoms with Crippen LogP contribution in [0.4, 0.5) is 0 Å². The average Bonchev–Trinajstić information content (AvgIpc) is 2.51. The van der Waals surface area contributed by atoms with Crippen molar-refractivity contribution in [3.63, 3.8) is 0 Å². The van der Waals surface area contributed by atoms with Crippen molar-refractivity contribution in [3.05, 3.63) is 60.7 Å². The van der Waals surface area contributed by atoms with Gasteiger partial charge in [0, 0.05) is 0 Å². The molecule has 0 aliphatic rings. The molecule has 2 nitrogen and oxygen atoms in total. The minimum Gasteiger partial charge on any atom is -0.439 e. The fraction of sp³-hybridized carbons (Fsp3) is 0.143. The monoisotopic (exact) mass is 304 g/mol. The highest BCUT2D eigenvalue weighted by molar-refractivity contribution is 6.96. The highest BCUT2D eigenvalue weighted by Crippen LogP contribution is 2.08. The van der Waals surface area contributed by atoms with E-state index in [-0.39, 0.29) is 0 Å². The molecule has 0 aliphatic heterocycles. The number of hydrogen-bond donors (Lipinski definition) is 0. The molecule has 0 bridgehead atoms. The SMILES string of the molecule is CC[SiH2]O[Si](O[SiH3])(c1ccccc1)c1ccccc1. The predicted molar refractivity (Wildman–Crippen MR) is 89.0 cm³/mol. The van der Waals surface area contributed by atoms with Crippen molar-refractivity contribution in [3.8, 4) is 0 Å². The van der Waals surface area contributed by atoms with Crippen LogP contribution in [0.2, 0.25) is 6.04 Å². The Bertz CT molecular complexity index is 451. The second-order valence-corrected chi connectivity index (χ2v) is 11.0. The van der Waals surface area contributed by atoms with E-state index in [0.29, 0.717) is 10.5 Å². The minimum absolute atomic E-state index is 0.522.